The number of carbonyl (C=O) groups is 1. The lowest BCUT2D eigenvalue weighted by Crippen LogP contribution is -2.67. The fourth-order valence-electron chi connectivity index (χ4n) is 3.97. The molecule has 0 saturated heterocycles. The molecule has 0 spiro atoms. The molecule has 1 aliphatic heterocycles. The molecule has 0 aliphatic carbocycles. The van der Waals surface area contributed by atoms with Gasteiger partial charge in [-0.1, -0.05) is 36.4 Å². The molecule has 3 aromatic carbocycles. The second kappa shape index (κ2) is 7.72. The molecule has 0 aromatic heterocycles. The monoisotopic (exact) mass is 455 g/mol. The molecule has 0 radical (unpaired) electrons. The average molecular weight is 456 g/mol. The Morgan fingerprint density at radius 3 is 2.22 bits per heavy atom. The maximum atomic E-state index is 13.8. The third-order valence-corrected chi connectivity index (χ3v) is 8.13. The van der Waals surface area contributed by atoms with E-state index in [1.54, 1.807) is 42.5 Å². The van der Waals surface area contributed by atoms with Gasteiger partial charge in [0.1, 0.15) is 23.2 Å². The van der Waals surface area contributed by atoms with Crippen LogP contribution in [0.25, 0.3) is 0 Å². The van der Waals surface area contributed by atoms with Gasteiger partial charge in [0.15, 0.2) is 0 Å². The van der Waals surface area contributed by atoms with Gasteiger partial charge in [-0.25, -0.2) is 12.8 Å². The van der Waals surface area contributed by atoms with Crippen molar-refractivity contribution in [2.45, 2.75) is 35.3 Å². The minimum Gasteiger partial charge on any atom is -0.483 e. The van der Waals surface area contributed by atoms with Crippen molar-refractivity contribution in [1.29, 1.82) is 0 Å². The maximum absolute atomic E-state index is 13.8. The summed E-state index contributed by atoms with van der Waals surface area (Å²) in [4.78, 5) is 10.3. The molecule has 2 atom stereocenters. The molecule has 6 nitrogen and oxygen atoms in total. The van der Waals surface area contributed by atoms with E-state index in [4.69, 9.17) is 4.74 Å². The number of halogens is 1. The highest BCUT2D eigenvalue weighted by molar-refractivity contribution is 7.92. The van der Waals surface area contributed by atoms with Crippen LogP contribution in [0.1, 0.15) is 35.8 Å². The van der Waals surface area contributed by atoms with Crippen LogP contribution in [0.2, 0.25) is 0 Å². The van der Waals surface area contributed by atoms with Crippen molar-refractivity contribution < 1.29 is 27.4 Å². The molecule has 2 unspecified atom stereocenters. The van der Waals surface area contributed by atoms with Gasteiger partial charge in [0.05, 0.1) is 4.90 Å². The first kappa shape index (κ1) is 22.0. The van der Waals surface area contributed by atoms with Gasteiger partial charge in [-0.05, 0) is 56.3 Å². The van der Waals surface area contributed by atoms with E-state index in [1.165, 1.54) is 38.1 Å². The summed E-state index contributed by atoms with van der Waals surface area (Å²) in [5.74, 6) is -0.832. The molecular weight excluding hydrogens is 433 g/mol. The molecule has 0 bridgehead atoms. The molecule has 4 rings (SSSR count). The number of carbonyl (C=O) groups excluding carboxylic acids is 1. The number of aliphatic hydroxyl groups is 1. The minimum absolute atomic E-state index is 0.111. The summed E-state index contributed by atoms with van der Waals surface area (Å²) >= 11 is 0. The van der Waals surface area contributed by atoms with Gasteiger partial charge in [0.25, 0.3) is 5.91 Å². The van der Waals surface area contributed by atoms with Crippen molar-refractivity contribution in [3.05, 3.63) is 95.8 Å². The smallest absolute Gasteiger partial charge is 0.251 e. The van der Waals surface area contributed by atoms with Crippen LogP contribution in [0.15, 0.2) is 83.8 Å². The van der Waals surface area contributed by atoms with Crippen LogP contribution in [-0.2, 0) is 9.84 Å². The van der Waals surface area contributed by atoms with E-state index in [0.717, 1.165) is 12.1 Å². The Bertz CT molecular complexity index is 1260. The Morgan fingerprint density at radius 1 is 0.969 bits per heavy atom. The molecule has 1 heterocycles. The highest BCUT2D eigenvalue weighted by Gasteiger charge is 2.65. The first-order valence-corrected chi connectivity index (χ1v) is 11.4. The van der Waals surface area contributed by atoms with Crippen molar-refractivity contribution in [2.24, 2.45) is 0 Å². The standard InChI is InChI=1S/C24H22FNO5S/c1-23(2)24(28,32(29,30)18-8-4-3-5-9-18)21(19-10-6-7-11-20(19)31-23)26-22(27)16-12-14-17(25)15-13-16/h3-15,21,28H,1-2H3,(H,26,27). The number of para-hydroxylation sites is 1. The third kappa shape index (κ3) is 3.36. The van der Waals surface area contributed by atoms with Gasteiger partial charge in [-0.2, -0.15) is 0 Å². The minimum atomic E-state index is -4.44. The number of hydrogen-bond donors (Lipinski definition) is 2. The van der Waals surface area contributed by atoms with Crippen molar-refractivity contribution in [3.63, 3.8) is 0 Å². The first-order valence-electron chi connectivity index (χ1n) is 9.94. The number of ether oxygens (including phenoxy) is 1. The molecule has 1 aliphatic rings. The predicted octanol–water partition coefficient (Wildman–Crippen LogP) is 3.63. The van der Waals surface area contributed by atoms with Crippen molar-refractivity contribution in [2.75, 3.05) is 0 Å². The van der Waals surface area contributed by atoms with Crippen LogP contribution in [0.3, 0.4) is 0 Å². The van der Waals surface area contributed by atoms with E-state index in [9.17, 15) is 22.7 Å². The Labute approximate surface area is 185 Å². The quantitative estimate of drug-likeness (QED) is 0.627. The van der Waals surface area contributed by atoms with Crippen molar-refractivity contribution >= 4 is 15.7 Å². The topological polar surface area (TPSA) is 92.7 Å². The molecule has 1 amide bonds. The Hall–Kier alpha value is -3.23. The summed E-state index contributed by atoms with van der Waals surface area (Å²) < 4.78 is 46.8. The largest absolute Gasteiger partial charge is 0.483 e. The number of sulfone groups is 1. The van der Waals surface area contributed by atoms with Gasteiger partial charge in [-0.15, -0.1) is 0 Å². The zero-order valence-electron chi connectivity index (χ0n) is 17.4. The Morgan fingerprint density at radius 2 is 1.56 bits per heavy atom. The van der Waals surface area contributed by atoms with E-state index < -0.39 is 38.1 Å². The van der Waals surface area contributed by atoms with Crippen LogP contribution in [0, 0.1) is 5.82 Å². The molecule has 2 N–H and O–H groups in total. The second-order valence-electron chi connectivity index (χ2n) is 8.08. The van der Waals surface area contributed by atoms with Gasteiger partial charge in [0, 0.05) is 11.1 Å². The zero-order chi connectivity index (χ0) is 23.1. The van der Waals surface area contributed by atoms with E-state index in [0.29, 0.717) is 11.3 Å². The SMILES string of the molecule is CC1(C)Oc2ccccc2C(NC(=O)c2ccc(F)cc2)C1(O)S(=O)(=O)c1ccccc1. The third-order valence-electron chi connectivity index (χ3n) is 5.69. The predicted molar refractivity (Wildman–Crippen MR) is 116 cm³/mol. The number of benzene rings is 3. The van der Waals surface area contributed by atoms with Gasteiger partial charge < -0.3 is 15.2 Å². The molecule has 3 aromatic rings. The highest BCUT2D eigenvalue weighted by atomic mass is 32.2. The van der Waals surface area contributed by atoms with E-state index in [2.05, 4.69) is 5.32 Å². The van der Waals surface area contributed by atoms with Crippen LogP contribution in [0.4, 0.5) is 4.39 Å². The van der Waals surface area contributed by atoms with E-state index >= 15 is 0 Å². The number of nitrogens with one attached hydrogen (secondary N) is 1. The molecule has 166 valence electrons. The number of rotatable bonds is 4. The maximum Gasteiger partial charge on any atom is 0.251 e. The first-order chi connectivity index (χ1) is 15.1. The van der Waals surface area contributed by atoms with Gasteiger partial charge in [-0.3, -0.25) is 4.79 Å². The molecule has 8 heteroatoms. The molecular formula is C24H22FNO5S. The Balaban J connectivity index is 1.89. The summed E-state index contributed by atoms with van der Waals surface area (Å²) in [7, 11) is -4.44. The van der Waals surface area contributed by atoms with Crippen molar-refractivity contribution in [1.82, 2.24) is 5.32 Å². The lowest BCUT2D eigenvalue weighted by atomic mass is 9.85. The van der Waals surface area contributed by atoms with Crippen LogP contribution >= 0.6 is 0 Å². The lowest BCUT2D eigenvalue weighted by molar-refractivity contribution is -0.0935. The molecule has 0 saturated carbocycles. The van der Waals surface area contributed by atoms with E-state index in [1.807, 2.05) is 0 Å². The second-order valence-corrected chi connectivity index (χ2v) is 10.2. The normalized spacial score (nSPS) is 21.8. The molecule has 32 heavy (non-hydrogen) atoms. The van der Waals surface area contributed by atoms with Crippen molar-refractivity contribution in [3.8, 4) is 5.75 Å². The van der Waals surface area contributed by atoms with Crippen LogP contribution in [-0.4, -0.2) is 30.0 Å². The summed E-state index contributed by atoms with van der Waals surface area (Å²) in [5, 5.41) is 14.6. The average Bonchev–Trinajstić information content (AvgIpc) is 2.77. The highest BCUT2D eigenvalue weighted by Crippen LogP contribution is 2.50. The van der Waals surface area contributed by atoms with E-state index in [-0.39, 0.29) is 10.5 Å². The Kier molecular flexibility index (Phi) is 5.30. The summed E-state index contributed by atoms with van der Waals surface area (Å²) in [6, 6.07) is 17.6. The lowest BCUT2D eigenvalue weighted by Gasteiger charge is -2.50. The number of amides is 1. The van der Waals surface area contributed by atoms with Gasteiger partial charge in [0.2, 0.25) is 14.8 Å². The van der Waals surface area contributed by atoms with Crippen LogP contribution in [0.5, 0.6) is 5.75 Å². The van der Waals surface area contributed by atoms with Crippen LogP contribution < -0.4 is 10.1 Å². The fourth-order valence-corrected chi connectivity index (χ4v) is 6.03. The summed E-state index contributed by atoms with van der Waals surface area (Å²) in [6.07, 6.45) is 0. The van der Waals surface area contributed by atoms with Gasteiger partial charge >= 0.3 is 0 Å². The summed E-state index contributed by atoms with van der Waals surface area (Å²) in [5.41, 5.74) is -1.21. The zero-order valence-corrected chi connectivity index (χ0v) is 18.3. The number of fused-ring (bicyclic) bond motifs is 1. The number of hydrogen-bond acceptors (Lipinski definition) is 5. The summed E-state index contributed by atoms with van der Waals surface area (Å²) in [6.45, 7) is 2.92. The fraction of sp³-hybridized carbons (Fsp3) is 0.208. The molecule has 0 fully saturated rings.